The van der Waals surface area contributed by atoms with Gasteiger partial charge in [0.2, 0.25) is 0 Å². The quantitative estimate of drug-likeness (QED) is 0.664. The van der Waals surface area contributed by atoms with Gasteiger partial charge in [-0.2, -0.15) is 0 Å². The van der Waals surface area contributed by atoms with Gasteiger partial charge in [0, 0.05) is 11.9 Å². The summed E-state index contributed by atoms with van der Waals surface area (Å²) in [7, 11) is 1.76. The van der Waals surface area contributed by atoms with Crippen LogP contribution in [0.3, 0.4) is 0 Å². The molecule has 6 heteroatoms. The minimum absolute atomic E-state index is 0.249. The lowest BCUT2D eigenvalue weighted by molar-refractivity contribution is 0.0526. The molecule has 0 radical (unpaired) electrons. The number of carbonyl (C=O) groups excluding carboxylic acids is 1. The number of thiocarbonyl (C=S) groups is 1. The van der Waals surface area contributed by atoms with E-state index in [4.69, 9.17) is 17.0 Å². The van der Waals surface area contributed by atoms with Crippen LogP contribution in [0.25, 0.3) is 0 Å². The maximum absolute atomic E-state index is 12.2. The number of anilines is 1. The van der Waals surface area contributed by atoms with Gasteiger partial charge in [-0.25, -0.2) is 4.79 Å². The Morgan fingerprint density at radius 1 is 1.55 bits per heavy atom. The molecule has 1 aromatic rings. The Balaban J connectivity index is 2.39. The monoisotopic (exact) mass is 312 g/mol. The molecule has 0 amide bonds. The Labute approximate surface area is 128 Å². The van der Waals surface area contributed by atoms with Crippen LogP contribution in [0.4, 0.5) is 5.00 Å². The third-order valence-corrected chi connectivity index (χ3v) is 4.92. The van der Waals surface area contributed by atoms with Crippen LogP contribution >= 0.6 is 23.6 Å². The molecular formula is C14H20N2O2S2. The minimum Gasteiger partial charge on any atom is -0.462 e. The third kappa shape index (κ3) is 3.12. The fourth-order valence-electron chi connectivity index (χ4n) is 2.42. The van der Waals surface area contributed by atoms with Crippen LogP contribution in [0.1, 0.15) is 41.1 Å². The number of fused-ring (bicyclic) bond motifs is 1. The maximum atomic E-state index is 12.2. The lowest BCUT2D eigenvalue weighted by Crippen LogP contribution is -2.25. The fraction of sp³-hybridized carbons (Fsp3) is 0.571. The number of ether oxygens (including phenoxy) is 1. The maximum Gasteiger partial charge on any atom is 0.341 e. The van der Waals surface area contributed by atoms with Gasteiger partial charge < -0.3 is 15.4 Å². The van der Waals surface area contributed by atoms with Crippen LogP contribution in [-0.4, -0.2) is 24.7 Å². The van der Waals surface area contributed by atoms with Crippen molar-refractivity contribution in [2.75, 3.05) is 19.0 Å². The van der Waals surface area contributed by atoms with Crippen LogP contribution < -0.4 is 10.6 Å². The summed E-state index contributed by atoms with van der Waals surface area (Å²) in [6, 6.07) is 0. The van der Waals surface area contributed by atoms with Crippen molar-refractivity contribution in [2.45, 2.75) is 33.1 Å². The number of esters is 1. The van der Waals surface area contributed by atoms with Crippen molar-refractivity contribution in [3.63, 3.8) is 0 Å². The predicted molar refractivity (Wildman–Crippen MR) is 86.7 cm³/mol. The van der Waals surface area contributed by atoms with Crippen LogP contribution in [0.5, 0.6) is 0 Å². The smallest absolute Gasteiger partial charge is 0.341 e. The van der Waals surface area contributed by atoms with Crippen LogP contribution in [-0.2, 0) is 17.6 Å². The van der Waals surface area contributed by atoms with Crippen molar-refractivity contribution in [1.29, 1.82) is 0 Å². The molecule has 2 rings (SSSR count). The Morgan fingerprint density at radius 3 is 2.95 bits per heavy atom. The summed E-state index contributed by atoms with van der Waals surface area (Å²) in [4.78, 5) is 13.5. The summed E-state index contributed by atoms with van der Waals surface area (Å²) in [5.74, 6) is 0.418. The van der Waals surface area contributed by atoms with E-state index in [0.29, 0.717) is 23.2 Å². The van der Waals surface area contributed by atoms with E-state index in [2.05, 4.69) is 17.6 Å². The first kappa shape index (κ1) is 15.3. The second kappa shape index (κ2) is 6.54. The molecule has 4 nitrogen and oxygen atoms in total. The summed E-state index contributed by atoms with van der Waals surface area (Å²) in [5, 5.41) is 7.31. The highest BCUT2D eigenvalue weighted by atomic mass is 32.1. The number of thiophene rings is 1. The van der Waals surface area contributed by atoms with Crippen molar-refractivity contribution in [3.05, 3.63) is 16.0 Å². The second-order valence-electron chi connectivity index (χ2n) is 4.98. The van der Waals surface area contributed by atoms with Gasteiger partial charge in [0.15, 0.2) is 5.11 Å². The first-order valence-electron chi connectivity index (χ1n) is 6.87. The fourth-order valence-corrected chi connectivity index (χ4v) is 3.99. The molecule has 0 spiro atoms. The van der Waals surface area contributed by atoms with Gasteiger partial charge in [0.05, 0.1) is 12.2 Å². The highest BCUT2D eigenvalue weighted by molar-refractivity contribution is 7.80. The Hall–Kier alpha value is -1.14. The molecule has 1 aliphatic rings. The van der Waals surface area contributed by atoms with Crippen LogP contribution in [0.2, 0.25) is 0 Å². The van der Waals surface area contributed by atoms with Crippen molar-refractivity contribution in [2.24, 2.45) is 5.92 Å². The summed E-state index contributed by atoms with van der Waals surface area (Å²) in [6.07, 6.45) is 3.08. The Kier molecular flexibility index (Phi) is 4.99. The Bertz CT molecular complexity index is 525. The lowest BCUT2D eigenvalue weighted by atomic mass is 9.88. The number of hydrogen-bond donors (Lipinski definition) is 2. The molecule has 0 unspecified atom stereocenters. The molecule has 110 valence electrons. The predicted octanol–water partition coefficient (Wildman–Crippen LogP) is 2.97. The highest BCUT2D eigenvalue weighted by Crippen LogP contribution is 2.40. The van der Waals surface area contributed by atoms with Crippen molar-refractivity contribution < 1.29 is 9.53 Å². The van der Waals surface area contributed by atoms with Crippen LogP contribution in [0, 0.1) is 5.92 Å². The molecule has 0 aliphatic heterocycles. The summed E-state index contributed by atoms with van der Waals surface area (Å²) in [6.45, 7) is 4.46. The van der Waals surface area contributed by atoms with E-state index in [1.54, 1.807) is 18.4 Å². The van der Waals surface area contributed by atoms with E-state index in [9.17, 15) is 4.79 Å². The van der Waals surface area contributed by atoms with Gasteiger partial charge in [-0.15, -0.1) is 11.3 Å². The number of rotatable bonds is 3. The third-order valence-electron chi connectivity index (χ3n) is 3.45. The lowest BCUT2D eigenvalue weighted by Gasteiger charge is -2.18. The van der Waals surface area contributed by atoms with E-state index in [1.807, 2.05) is 6.92 Å². The molecule has 0 fully saturated rings. The molecule has 2 N–H and O–H groups in total. The minimum atomic E-state index is -0.249. The number of hydrogen-bond acceptors (Lipinski definition) is 4. The normalized spacial score (nSPS) is 17.2. The van der Waals surface area contributed by atoms with Crippen molar-refractivity contribution >= 4 is 39.6 Å². The highest BCUT2D eigenvalue weighted by Gasteiger charge is 2.28. The number of carbonyl (C=O) groups is 1. The zero-order chi connectivity index (χ0) is 14.7. The molecule has 0 aromatic carbocycles. The van der Waals surface area contributed by atoms with Gasteiger partial charge in [-0.05, 0) is 49.9 Å². The first-order chi connectivity index (χ1) is 9.56. The molecule has 0 saturated heterocycles. The van der Waals surface area contributed by atoms with Gasteiger partial charge >= 0.3 is 5.97 Å². The summed E-state index contributed by atoms with van der Waals surface area (Å²) >= 11 is 6.77. The van der Waals surface area contributed by atoms with Crippen molar-refractivity contribution in [1.82, 2.24) is 5.32 Å². The zero-order valence-corrected chi connectivity index (χ0v) is 13.7. The molecule has 0 saturated carbocycles. The molecule has 0 bridgehead atoms. The van der Waals surface area contributed by atoms with Gasteiger partial charge in [-0.1, -0.05) is 6.92 Å². The molecule has 1 heterocycles. The Morgan fingerprint density at radius 2 is 2.30 bits per heavy atom. The van der Waals surface area contributed by atoms with Crippen LogP contribution in [0.15, 0.2) is 0 Å². The average Bonchev–Trinajstić information content (AvgIpc) is 2.75. The molecule has 1 aliphatic carbocycles. The molecular weight excluding hydrogens is 292 g/mol. The standard InChI is InChI=1S/C14H20N2O2S2/c1-4-18-13(17)11-9-6-5-8(2)7-10(9)20-12(11)16-14(19)15-3/h8H,4-7H2,1-3H3,(H2,15,16,19)/t8-/m1/s1. The topological polar surface area (TPSA) is 50.4 Å². The van der Waals surface area contributed by atoms with Crippen molar-refractivity contribution in [3.8, 4) is 0 Å². The van der Waals surface area contributed by atoms with Gasteiger partial charge in [-0.3, -0.25) is 0 Å². The van der Waals surface area contributed by atoms with Gasteiger partial charge in [0.25, 0.3) is 0 Å². The van der Waals surface area contributed by atoms with E-state index in [0.717, 1.165) is 29.8 Å². The SMILES string of the molecule is CCOC(=O)c1c(NC(=S)NC)sc2c1CC[C@@H](C)C2. The van der Waals surface area contributed by atoms with E-state index in [1.165, 1.54) is 4.88 Å². The van der Waals surface area contributed by atoms with E-state index >= 15 is 0 Å². The molecule has 1 aromatic heterocycles. The first-order valence-corrected chi connectivity index (χ1v) is 8.09. The number of nitrogens with one attached hydrogen (secondary N) is 2. The van der Waals surface area contributed by atoms with E-state index < -0.39 is 0 Å². The zero-order valence-electron chi connectivity index (χ0n) is 12.0. The van der Waals surface area contributed by atoms with E-state index in [-0.39, 0.29) is 5.97 Å². The van der Waals surface area contributed by atoms with Gasteiger partial charge in [0.1, 0.15) is 5.00 Å². The molecule has 1 atom stereocenters. The average molecular weight is 312 g/mol. The molecule has 20 heavy (non-hydrogen) atoms. The largest absolute Gasteiger partial charge is 0.462 e. The summed E-state index contributed by atoms with van der Waals surface area (Å²) in [5.41, 5.74) is 1.82. The second-order valence-corrected chi connectivity index (χ2v) is 6.49. The summed E-state index contributed by atoms with van der Waals surface area (Å²) < 4.78 is 5.20.